The fourth-order valence-electron chi connectivity index (χ4n) is 1.04. The van der Waals surface area contributed by atoms with Crippen LogP contribution in [0.3, 0.4) is 0 Å². The summed E-state index contributed by atoms with van der Waals surface area (Å²) in [5.74, 6) is 0.185. The molecule has 1 N–H and O–H groups in total. The van der Waals surface area contributed by atoms with Crippen molar-refractivity contribution < 1.29 is 10.0 Å². The van der Waals surface area contributed by atoms with Gasteiger partial charge in [-0.15, -0.1) is 0 Å². The zero-order valence-corrected chi connectivity index (χ0v) is 8.14. The minimum atomic E-state index is 0.185. The second-order valence-electron chi connectivity index (χ2n) is 3.10. The second-order valence-corrected chi connectivity index (χ2v) is 3.10. The molecule has 2 bridgehead atoms. The topological polar surface area (TPSA) is 52.9 Å². The Balaban J connectivity index is 0.000000149. The van der Waals surface area contributed by atoms with Crippen LogP contribution < -0.4 is 0 Å². The van der Waals surface area contributed by atoms with E-state index in [-0.39, 0.29) is 5.78 Å². The van der Waals surface area contributed by atoms with Crippen molar-refractivity contribution in [3.8, 4) is 0 Å². The van der Waals surface area contributed by atoms with Crippen LogP contribution in [0.5, 0.6) is 0 Å². The van der Waals surface area contributed by atoms with Crippen molar-refractivity contribution in [2.24, 2.45) is 5.16 Å². The van der Waals surface area contributed by atoms with E-state index in [9.17, 15) is 4.79 Å². The molecule has 0 radical (unpaired) electrons. The van der Waals surface area contributed by atoms with Gasteiger partial charge in [-0.05, 0) is 0 Å². The Morgan fingerprint density at radius 3 is 1.86 bits per heavy atom. The van der Waals surface area contributed by atoms with Crippen LogP contribution >= 0.6 is 0 Å². The summed E-state index contributed by atoms with van der Waals surface area (Å²) >= 11 is 0. The lowest BCUT2D eigenvalue weighted by Crippen LogP contribution is -2.06. The highest BCUT2D eigenvalue weighted by Crippen LogP contribution is 2.23. The Bertz CT molecular complexity index is 325. The summed E-state index contributed by atoms with van der Waals surface area (Å²) in [4.78, 5) is 12.4. The summed E-state index contributed by atoms with van der Waals surface area (Å²) < 4.78 is 0. The zero-order chi connectivity index (χ0) is 10.6. The van der Waals surface area contributed by atoms with Crippen molar-refractivity contribution in [3.63, 3.8) is 0 Å². The number of hydrogen-bond donors (Lipinski definition) is 1. The van der Waals surface area contributed by atoms with Gasteiger partial charge in [-0.25, -0.2) is 0 Å². The smallest absolute Gasteiger partial charge is 0.193 e. The van der Waals surface area contributed by atoms with E-state index in [1.165, 1.54) is 6.34 Å². The molecule has 0 fully saturated rings. The first-order chi connectivity index (χ1) is 6.65. The second kappa shape index (κ2) is 4.41. The summed E-state index contributed by atoms with van der Waals surface area (Å²) in [6.45, 7) is 0. The molecule has 2 rings (SSSR count). The molecule has 2 aliphatic carbocycles. The molecule has 0 heterocycles. The van der Waals surface area contributed by atoms with E-state index in [4.69, 9.17) is 5.21 Å². The van der Waals surface area contributed by atoms with Crippen molar-refractivity contribution in [2.45, 2.75) is 0 Å². The van der Waals surface area contributed by atoms with E-state index in [1.54, 1.807) is 19.0 Å². The SMILES string of the molecule is CN(C)C=NO.O=C1C2=CC=C1C=C2. The minimum Gasteiger partial charge on any atom is -0.410 e. The van der Waals surface area contributed by atoms with E-state index in [0.717, 1.165) is 11.1 Å². The monoisotopic (exact) mass is 192 g/mol. The van der Waals surface area contributed by atoms with Gasteiger partial charge < -0.3 is 10.1 Å². The molecule has 0 aromatic heterocycles. The maximum Gasteiger partial charge on any atom is 0.193 e. The number of carbonyl (C=O) groups is 1. The largest absolute Gasteiger partial charge is 0.410 e. The highest BCUT2D eigenvalue weighted by atomic mass is 16.4. The Labute approximate surface area is 82.5 Å². The Hall–Kier alpha value is -1.84. The van der Waals surface area contributed by atoms with E-state index >= 15 is 0 Å². The molecule has 0 amide bonds. The average Bonchev–Trinajstić information content (AvgIpc) is 2.65. The van der Waals surface area contributed by atoms with E-state index in [0.29, 0.717) is 0 Å². The number of carbonyl (C=O) groups excluding carboxylic acids is 1. The summed E-state index contributed by atoms with van der Waals surface area (Å²) in [5, 5.41) is 10.5. The molecule has 74 valence electrons. The molecule has 0 aliphatic heterocycles. The first kappa shape index (κ1) is 10.2. The van der Waals surface area contributed by atoms with Crippen molar-refractivity contribution in [3.05, 3.63) is 35.5 Å². The van der Waals surface area contributed by atoms with Gasteiger partial charge in [-0.1, -0.05) is 29.5 Å². The minimum absolute atomic E-state index is 0.185. The summed E-state index contributed by atoms with van der Waals surface area (Å²) in [6, 6.07) is 0. The van der Waals surface area contributed by atoms with Crippen LogP contribution in [0, 0.1) is 0 Å². The number of Topliss-reactive ketones (excluding diaryl/α,β-unsaturated/α-hetero) is 1. The lowest BCUT2D eigenvalue weighted by Gasteiger charge is -1.97. The first-order valence-corrected chi connectivity index (χ1v) is 4.14. The molecular weight excluding hydrogens is 180 g/mol. The Morgan fingerprint density at radius 2 is 1.79 bits per heavy atom. The number of ketones is 1. The van der Waals surface area contributed by atoms with Gasteiger partial charge in [0.15, 0.2) is 5.78 Å². The number of nitrogens with zero attached hydrogens (tertiary/aromatic N) is 2. The van der Waals surface area contributed by atoms with E-state index < -0.39 is 0 Å². The van der Waals surface area contributed by atoms with Gasteiger partial charge in [0.05, 0.1) is 0 Å². The number of rotatable bonds is 1. The van der Waals surface area contributed by atoms with Gasteiger partial charge in [-0.3, -0.25) is 4.79 Å². The molecule has 0 spiro atoms. The summed E-state index contributed by atoms with van der Waals surface area (Å²) in [7, 11) is 3.56. The van der Waals surface area contributed by atoms with E-state index in [2.05, 4.69) is 5.16 Å². The number of allylic oxidation sites excluding steroid dienone is 6. The van der Waals surface area contributed by atoms with Crippen LogP contribution in [0.1, 0.15) is 0 Å². The summed E-state index contributed by atoms with van der Waals surface area (Å²) in [6.07, 6.45) is 8.69. The maximum atomic E-state index is 10.8. The highest BCUT2D eigenvalue weighted by molar-refractivity contribution is 6.17. The molecule has 4 nitrogen and oxygen atoms in total. The normalized spacial score (nSPS) is 16.6. The Kier molecular flexibility index (Phi) is 3.23. The third kappa shape index (κ3) is 2.32. The quantitative estimate of drug-likeness (QED) is 0.291. The van der Waals surface area contributed by atoms with E-state index in [1.807, 2.05) is 24.3 Å². The maximum absolute atomic E-state index is 10.8. The van der Waals surface area contributed by atoms with Gasteiger partial charge in [0, 0.05) is 25.2 Å². The van der Waals surface area contributed by atoms with Crippen LogP contribution in [-0.4, -0.2) is 36.3 Å². The third-order valence-electron chi connectivity index (χ3n) is 1.69. The van der Waals surface area contributed by atoms with Crippen molar-refractivity contribution in [2.75, 3.05) is 14.1 Å². The van der Waals surface area contributed by atoms with Crippen LogP contribution in [0.15, 0.2) is 40.6 Å². The molecule has 2 aliphatic rings. The van der Waals surface area contributed by atoms with Gasteiger partial charge >= 0.3 is 0 Å². The van der Waals surface area contributed by atoms with Crippen molar-refractivity contribution in [1.82, 2.24) is 4.90 Å². The lowest BCUT2D eigenvalue weighted by atomic mass is 10.2. The third-order valence-corrected chi connectivity index (χ3v) is 1.69. The van der Waals surface area contributed by atoms with Gasteiger partial charge in [0.2, 0.25) is 0 Å². The predicted octanol–water partition coefficient (Wildman–Crippen LogP) is 0.957. The molecule has 0 unspecified atom stereocenters. The molecule has 0 saturated heterocycles. The lowest BCUT2D eigenvalue weighted by molar-refractivity contribution is -0.111. The zero-order valence-electron chi connectivity index (χ0n) is 8.14. The number of oxime groups is 1. The predicted molar refractivity (Wildman–Crippen MR) is 54.3 cm³/mol. The fraction of sp³-hybridized carbons (Fsp3) is 0.200. The first-order valence-electron chi connectivity index (χ1n) is 4.14. The highest BCUT2D eigenvalue weighted by Gasteiger charge is 2.19. The molecule has 14 heavy (non-hydrogen) atoms. The van der Waals surface area contributed by atoms with Crippen molar-refractivity contribution >= 4 is 12.1 Å². The van der Waals surface area contributed by atoms with Crippen LogP contribution in [0.25, 0.3) is 0 Å². The molecule has 4 heteroatoms. The molecular formula is C10H12N2O2. The average molecular weight is 192 g/mol. The molecule has 0 atom stereocenters. The van der Waals surface area contributed by atoms with Crippen LogP contribution in [-0.2, 0) is 4.79 Å². The molecule has 0 saturated carbocycles. The van der Waals surface area contributed by atoms with Crippen molar-refractivity contribution in [1.29, 1.82) is 0 Å². The Morgan fingerprint density at radius 1 is 1.29 bits per heavy atom. The standard InChI is InChI=1S/C7H4O.C3H8N2O/c8-7-5-1-2-6(7)4-3-5;1-5(2)3-4-6/h1-4H;3,6H,1-2H3. The fourth-order valence-corrected chi connectivity index (χ4v) is 1.04. The van der Waals surface area contributed by atoms with Crippen LogP contribution in [0.4, 0.5) is 0 Å². The summed E-state index contributed by atoms with van der Waals surface area (Å²) in [5.41, 5.74) is 1.67. The number of fused-ring (bicyclic) bond motifs is 2. The van der Waals surface area contributed by atoms with Crippen LogP contribution in [0.2, 0.25) is 0 Å². The molecule has 0 aromatic carbocycles. The number of hydrogen-bond acceptors (Lipinski definition) is 3. The van der Waals surface area contributed by atoms with Gasteiger partial charge in [0.25, 0.3) is 0 Å². The molecule has 0 aromatic rings. The van der Waals surface area contributed by atoms with Gasteiger partial charge in [-0.2, -0.15) is 0 Å². The van der Waals surface area contributed by atoms with Gasteiger partial charge in [0.1, 0.15) is 6.34 Å².